The van der Waals surface area contributed by atoms with Crippen LogP contribution in [0.3, 0.4) is 0 Å². The Labute approximate surface area is 207 Å². The number of nitrogens with zero attached hydrogens (tertiary/aromatic N) is 3. The van der Waals surface area contributed by atoms with Gasteiger partial charge in [0.15, 0.2) is 0 Å². The quantitative estimate of drug-likeness (QED) is 0.504. The lowest BCUT2D eigenvalue weighted by atomic mass is 9.98. The van der Waals surface area contributed by atoms with Gasteiger partial charge in [-0.25, -0.2) is 4.98 Å². The van der Waals surface area contributed by atoms with Gasteiger partial charge >= 0.3 is 0 Å². The van der Waals surface area contributed by atoms with E-state index in [0.29, 0.717) is 55.1 Å². The van der Waals surface area contributed by atoms with E-state index in [1.165, 1.54) is 11.3 Å². The van der Waals surface area contributed by atoms with E-state index in [1.54, 1.807) is 39.6 Å². The van der Waals surface area contributed by atoms with E-state index in [-0.39, 0.29) is 24.1 Å². The van der Waals surface area contributed by atoms with Crippen LogP contribution in [0.25, 0.3) is 0 Å². The van der Waals surface area contributed by atoms with Gasteiger partial charge in [0.1, 0.15) is 18.0 Å². The van der Waals surface area contributed by atoms with Gasteiger partial charge in [0.25, 0.3) is 5.91 Å². The Balaban J connectivity index is 1.22. The summed E-state index contributed by atoms with van der Waals surface area (Å²) in [6, 6.07) is 14.5. The largest absolute Gasteiger partial charge is 0.485 e. The summed E-state index contributed by atoms with van der Waals surface area (Å²) in [7, 11) is 0. The van der Waals surface area contributed by atoms with Crippen LogP contribution in [0.2, 0.25) is 0 Å². The van der Waals surface area contributed by atoms with Crippen LogP contribution in [0.5, 0.6) is 5.75 Å². The number of rotatable bonds is 8. The molecule has 0 bridgehead atoms. The lowest BCUT2D eigenvalue weighted by molar-refractivity contribution is -0.118. The second-order valence-corrected chi connectivity index (χ2v) is 9.56. The highest BCUT2D eigenvalue weighted by atomic mass is 32.1. The maximum absolute atomic E-state index is 13.3. The first-order valence-corrected chi connectivity index (χ1v) is 12.5. The number of benzene rings is 2. The Bertz CT molecular complexity index is 1260. The number of thiazole rings is 1. The number of carbonyl (C=O) groups excluding carboxylic acids is 3. The molecular weight excluding hydrogens is 464 g/mol. The van der Waals surface area contributed by atoms with Crippen LogP contribution in [0.4, 0.5) is 11.4 Å². The van der Waals surface area contributed by atoms with E-state index in [2.05, 4.69) is 10.3 Å². The molecule has 3 amide bonds. The number of anilines is 2. The Kier molecular flexibility index (Phi) is 6.25. The van der Waals surface area contributed by atoms with E-state index in [4.69, 9.17) is 4.74 Å². The first kappa shape index (κ1) is 23.0. The van der Waals surface area contributed by atoms with Crippen molar-refractivity contribution in [3.05, 3.63) is 70.7 Å². The topological polar surface area (TPSA) is 91.8 Å². The summed E-state index contributed by atoms with van der Waals surface area (Å²) in [5, 5.41) is 4.84. The van der Waals surface area contributed by atoms with Crippen molar-refractivity contribution in [1.82, 2.24) is 9.88 Å². The van der Waals surface area contributed by atoms with Crippen LogP contribution in [0.15, 0.2) is 59.4 Å². The minimum absolute atomic E-state index is 0.0180. The second kappa shape index (κ2) is 9.50. The summed E-state index contributed by atoms with van der Waals surface area (Å²) in [5.74, 6) is 0.327. The van der Waals surface area contributed by atoms with Gasteiger partial charge in [-0.05, 0) is 44.0 Å². The van der Waals surface area contributed by atoms with Gasteiger partial charge in [-0.2, -0.15) is 0 Å². The maximum atomic E-state index is 13.3. The zero-order valence-corrected chi connectivity index (χ0v) is 20.2. The minimum atomic E-state index is -0.713. The zero-order valence-electron chi connectivity index (χ0n) is 19.4. The molecule has 0 aliphatic carbocycles. The predicted molar refractivity (Wildman–Crippen MR) is 133 cm³/mol. The van der Waals surface area contributed by atoms with Gasteiger partial charge in [-0.3, -0.25) is 19.3 Å². The van der Waals surface area contributed by atoms with Crippen LogP contribution < -0.4 is 15.0 Å². The summed E-state index contributed by atoms with van der Waals surface area (Å²) in [5.41, 5.74) is 3.66. The monoisotopic (exact) mass is 490 g/mol. The summed E-state index contributed by atoms with van der Waals surface area (Å²) in [4.78, 5) is 46.4. The molecule has 1 atom stereocenters. The molecule has 1 aromatic heterocycles. The van der Waals surface area contributed by atoms with Crippen molar-refractivity contribution in [2.45, 2.75) is 44.9 Å². The third-order valence-electron chi connectivity index (χ3n) is 6.55. The van der Waals surface area contributed by atoms with Crippen molar-refractivity contribution in [3.63, 3.8) is 0 Å². The first-order chi connectivity index (χ1) is 17.0. The number of para-hydroxylation sites is 3. The SMILES string of the molecule is CC12CCC(=O)N1c1ccccc1C(=O)N2CCCC(=O)Nc1ccccc1OCc1cscn1. The summed E-state index contributed by atoms with van der Waals surface area (Å²) in [6.45, 7) is 2.63. The van der Waals surface area contributed by atoms with E-state index in [1.807, 2.05) is 36.6 Å². The van der Waals surface area contributed by atoms with Crippen LogP contribution in [0, 0.1) is 0 Å². The van der Waals surface area contributed by atoms with Gasteiger partial charge in [0.2, 0.25) is 11.8 Å². The summed E-state index contributed by atoms with van der Waals surface area (Å²) in [6.07, 6.45) is 1.67. The molecule has 9 heteroatoms. The van der Waals surface area contributed by atoms with Gasteiger partial charge < -0.3 is 15.0 Å². The average Bonchev–Trinajstić information content (AvgIpc) is 3.49. The van der Waals surface area contributed by atoms with Crippen molar-refractivity contribution in [1.29, 1.82) is 0 Å². The standard InChI is InChI=1S/C26H26N4O4S/c1-26-13-12-24(32)30(26)21-9-4-2-7-19(21)25(33)29(26)14-6-11-23(31)28-20-8-3-5-10-22(20)34-15-18-16-35-17-27-18/h2-5,7-10,16-17H,6,11-15H2,1H3,(H,28,31). The fourth-order valence-electron chi connectivity index (χ4n) is 4.81. The molecule has 8 nitrogen and oxygen atoms in total. The molecule has 180 valence electrons. The summed E-state index contributed by atoms with van der Waals surface area (Å²) >= 11 is 1.50. The Hall–Kier alpha value is -3.72. The molecule has 3 aromatic rings. The van der Waals surface area contributed by atoms with Crippen molar-refractivity contribution < 1.29 is 19.1 Å². The fraction of sp³-hybridized carbons (Fsp3) is 0.308. The molecule has 1 fully saturated rings. The molecule has 1 saturated heterocycles. The number of nitrogens with one attached hydrogen (secondary N) is 1. The third-order valence-corrected chi connectivity index (χ3v) is 7.19. The van der Waals surface area contributed by atoms with Crippen LogP contribution in [-0.2, 0) is 16.2 Å². The Morgan fingerprint density at radius 3 is 2.80 bits per heavy atom. The van der Waals surface area contributed by atoms with Crippen molar-refractivity contribution in [2.24, 2.45) is 0 Å². The second-order valence-electron chi connectivity index (χ2n) is 8.84. The van der Waals surface area contributed by atoms with Crippen LogP contribution in [-0.4, -0.2) is 39.8 Å². The summed E-state index contributed by atoms with van der Waals surface area (Å²) < 4.78 is 5.84. The first-order valence-electron chi connectivity index (χ1n) is 11.6. The highest BCUT2D eigenvalue weighted by Gasteiger charge is 2.52. The molecule has 35 heavy (non-hydrogen) atoms. The normalized spacial score (nSPS) is 18.9. The smallest absolute Gasteiger partial charge is 0.257 e. The van der Waals surface area contributed by atoms with Crippen LogP contribution in [0.1, 0.15) is 48.7 Å². The highest BCUT2D eigenvalue weighted by molar-refractivity contribution is 7.07. The Morgan fingerprint density at radius 2 is 1.97 bits per heavy atom. The maximum Gasteiger partial charge on any atom is 0.257 e. The molecule has 0 radical (unpaired) electrons. The van der Waals surface area contributed by atoms with Gasteiger partial charge in [-0.15, -0.1) is 11.3 Å². The molecule has 1 unspecified atom stereocenters. The van der Waals surface area contributed by atoms with E-state index < -0.39 is 5.66 Å². The van der Waals surface area contributed by atoms with Crippen LogP contribution >= 0.6 is 11.3 Å². The lowest BCUT2D eigenvalue weighted by Gasteiger charge is -2.48. The van der Waals surface area contributed by atoms with E-state index >= 15 is 0 Å². The lowest BCUT2D eigenvalue weighted by Crippen LogP contribution is -2.62. The number of hydrogen-bond acceptors (Lipinski definition) is 6. The number of carbonyl (C=O) groups is 3. The predicted octanol–water partition coefficient (Wildman–Crippen LogP) is 4.44. The minimum Gasteiger partial charge on any atom is -0.485 e. The fourth-order valence-corrected chi connectivity index (χ4v) is 5.35. The van der Waals surface area contributed by atoms with Gasteiger partial charge in [-0.1, -0.05) is 24.3 Å². The molecule has 0 spiro atoms. The molecule has 3 heterocycles. The molecule has 2 aliphatic rings. The molecular formula is C26H26N4O4S. The van der Waals surface area contributed by atoms with E-state index in [0.717, 1.165) is 5.69 Å². The third kappa shape index (κ3) is 4.39. The van der Waals surface area contributed by atoms with Crippen molar-refractivity contribution in [2.75, 3.05) is 16.8 Å². The molecule has 0 saturated carbocycles. The Morgan fingerprint density at radius 1 is 1.17 bits per heavy atom. The molecule has 1 N–H and O–H groups in total. The van der Waals surface area contributed by atoms with E-state index in [9.17, 15) is 14.4 Å². The average molecular weight is 491 g/mol. The van der Waals surface area contributed by atoms with Crippen molar-refractivity contribution in [3.8, 4) is 5.75 Å². The number of ether oxygens (including phenoxy) is 1. The van der Waals surface area contributed by atoms with Crippen molar-refractivity contribution >= 4 is 40.4 Å². The zero-order chi connectivity index (χ0) is 24.4. The number of fused-ring (bicyclic) bond motifs is 3. The number of aromatic nitrogens is 1. The molecule has 2 aromatic carbocycles. The number of amides is 3. The number of hydrogen-bond donors (Lipinski definition) is 1. The highest BCUT2D eigenvalue weighted by Crippen LogP contribution is 2.44. The van der Waals surface area contributed by atoms with Gasteiger partial charge in [0, 0.05) is 24.8 Å². The van der Waals surface area contributed by atoms with Gasteiger partial charge in [0.05, 0.1) is 28.1 Å². The molecule has 2 aliphatic heterocycles. The molecule has 5 rings (SSSR count).